The molecule has 0 saturated carbocycles. The molecular formula is C12H15BrN2O. The van der Waals surface area contributed by atoms with E-state index in [1.165, 1.54) is 12.7 Å². The van der Waals surface area contributed by atoms with Crippen LogP contribution in [0.4, 0.5) is 0 Å². The third kappa shape index (κ3) is 2.92. The predicted molar refractivity (Wildman–Crippen MR) is 70.8 cm³/mol. The summed E-state index contributed by atoms with van der Waals surface area (Å²) in [6.07, 6.45) is 2.67. The Morgan fingerprint density at radius 1 is 1.38 bits per heavy atom. The number of rotatable bonds is 0. The lowest BCUT2D eigenvalue weighted by atomic mass is 10.1. The number of aryl methyl sites for hydroxylation is 1. The zero-order chi connectivity index (χ0) is 12.1. The summed E-state index contributed by atoms with van der Waals surface area (Å²) < 4.78 is 0.899. The smallest absolute Gasteiger partial charge is 0.258 e. The molecule has 0 spiro atoms. The van der Waals surface area contributed by atoms with Gasteiger partial charge in [0.1, 0.15) is 0 Å². The van der Waals surface area contributed by atoms with Crippen molar-refractivity contribution in [3.05, 3.63) is 38.9 Å². The second-order valence-electron chi connectivity index (χ2n) is 3.56. The normalized spacial score (nSPS) is 9.75. The lowest BCUT2D eigenvalue weighted by Gasteiger charge is -2.00. The Kier molecular flexibility index (Phi) is 4.68. The Morgan fingerprint density at radius 2 is 2.00 bits per heavy atom. The first-order chi connectivity index (χ1) is 7.60. The van der Waals surface area contributed by atoms with Gasteiger partial charge in [0.25, 0.3) is 5.56 Å². The fourth-order valence-corrected chi connectivity index (χ4v) is 1.89. The first kappa shape index (κ1) is 12.9. The van der Waals surface area contributed by atoms with E-state index in [1.54, 1.807) is 6.07 Å². The van der Waals surface area contributed by atoms with Crippen molar-refractivity contribution >= 4 is 26.8 Å². The molecule has 1 aromatic carbocycles. The lowest BCUT2D eigenvalue weighted by molar-refractivity contribution is 1.09. The predicted octanol–water partition coefficient (Wildman–Crippen LogP) is 3.41. The molecule has 0 bridgehead atoms. The van der Waals surface area contributed by atoms with Gasteiger partial charge in [0.15, 0.2) is 0 Å². The van der Waals surface area contributed by atoms with Crippen molar-refractivity contribution < 1.29 is 0 Å². The van der Waals surface area contributed by atoms with Crippen LogP contribution < -0.4 is 5.56 Å². The molecule has 0 saturated heterocycles. The summed E-state index contributed by atoms with van der Waals surface area (Å²) in [4.78, 5) is 18.0. The summed E-state index contributed by atoms with van der Waals surface area (Å²) in [6, 6.07) is 3.71. The standard InChI is InChI=1S/C9H7BrN2O.C3H8/c1-5-2-6(10)3-7-8(5)11-4-12-9(7)13;1-3-2/h2-4H,1H3,(H,11,12,13);3H2,1-2H3. The Hall–Kier alpha value is -1.16. The van der Waals surface area contributed by atoms with Crippen LogP contribution in [0, 0.1) is 6.92 Å². The van der Waals surface area contributed by atoms with Crippen LogP contribution in [0.15, 0.2) is 27.7 Å². The van der Waals surface area contributed by atoms with Gasteiger partial charge in [-0.25, -0.2) is 4.98 Å². The highest BCUT2D eigenvalue weighted by molar-refractivity contribution is 9.10. The molecule has 2 rings (SSSR count). The summed E-state index contributed by atoms with van der Waals surface area (Å²) in [6.45, 7) is 6.18. The molecule has 0 amide bonds. The monoisotopic (exact) mass is 282 g/mol. The van der Waals surface area contributed by atoms with Crippen molar-refractivity contribution in [2.45, 2.75) is 27.2 Å². The van der Waals surface area contributed by atoms with E-state index in [0.717, 1.165) is 15.6 Å². The highest BCUT2D eigenvalue weighted by Gasteiger charge is 2.02. The highest BCUT2D eigenvalue weighted by atomic mass is 79.9. The second kappa shape index (κ2) is 5.80. The van der Waals surface area contributed by atoms with Gasteiger partial charge in [0, 0.05) is 4.47 Å². The Labute approximate surface area is 103 Å². The molecule has 0 radical (unpaired) electrons. The van der Waals surface area contributed by atoms with Crippen molar-refractivity contribution in [3.8, 4) is 0 Å². The molecule has 0 fully saturated rings. The fourth-order valence-electron chi connectivity index (χ4n) is 1.31. The van der Waals surface area contributed by atoms with E-state index in [9.17, 15) is 4.79 Å². The SMILES string of the molecule is CCC.Cc1cc(Br)cc2c(=O)[nH]cnc12. The molecular weight excluding hydrogens is 268 g/mol. The third-order valence-corrected chi connectivity index (χ3v) is 2.36. The van der Waals surface area contributed by atoms with Gasteiger partial charge in [0.2, 0.25) is 0 Å². The van der Waals surface area contributed by atoms with Crippen LogP contribution in [0.25, 0.3) is 10.9 Å². The lowest BCUT2D eigenvalue weighted by Crippen LogP contribution is -2.06. The van der Waals surface area contributed by atoms with Crippen LogP contribution in [-0.4, -0.2) is 9.97 Å². The fraction of sp³-hybridized carbons (Fsp3) is 0.333. The molecule has 0 aliphatic heterocycles. The summed E-state index contributed by atoms with van der Waals surface area (Å²) in [5.41, 5.74) is 1.65. The van der Waals surface area contributed by atoms with E-state index >= 15 is 0 Å². The van der Waals surface area contributed by atoms with Crippen LogP contribution in [0.5, 0.6) is 0 Å². The zero-order valence-corrected chi connectivity index (χ0v) is 11.3. The molecule has 0 aliphatic rings. The summed E-state index contributed by atoms with van der Waals surface area (Å²) in [5, 5.41) is 0.620. The second-order valence-corrected chi connectivity index (χ2v) is 4.47. The Morgan fingerprint density at radius 3 is 2.62 bits per heavy atom. The maximum atomic E-state index is 11.4. The first-order valence-corrected chi connectivity index (χ1v) is 6.03. The average molecular weight is 283 g/mol. The number of hydrogen-bond acceptors (Lipinski definition) is 2. The molecule has 4 heteroatoms. The largest absolute Gasteiger partial charge is 0.313 e. The number of fused-ring (bicyclic) bond motifs is 1. The summed E-state index contributed by atoms with van der Waals surface area (Å²) in [7, 11) is 0. The molecule has 1 aromatic heterocycles. The van der Waals surface area contributed by atoms with Crippen molar-refractivity contribution in [1.29, 1.82) is 0 Å². The quantitative estimate of drug-likeness (QED) is 0.805. The zero-order valence-electron chi connectivity index (χ0n) is 9.67. The van der Waals surface area contributed by atoms with Crippen LogP contribution in [0.2, 0.25) is 0 Å². The van der Waals surface area contributed by atoms with Gasteiger partial charge in [-0.15, -0.1) is 0 Å². The first-order valence-electron chi connectivity index (χ1n) is 5.23. The van der Waals surface area contributed by atoms with Gasteiger partial charge in [-0.3, -0.25) is 4.79 Å². The number of halogens is 1. The molecule has 2 aromatic rings. The minimum Gasteiger partial charge on any atom is -0.313 e. The van der Waals surface area contributed by atoms with Gasteiger partial charge >= 0.3 is 0 Å². The molecule has 0 unspecified atom stereocenters. The van der Waals surface area contributed by atoms with E-state index in [1.807, 2.05) is 13.0 Å². The topological polar surface area (TPSA) is 45.8 Å². The van der Waals surface area contributed by atoms with Gasteiger partial charge in [-0.2, -0.15) is 0 Å². The molecule has 86 valence electrons. The molecule has 0 aliphatic carbocycles. The van der Waals surface area contributed by atoms with E-state index in [4.69, 9.17) is 0 Å². The molecule has 1 N–H and O–H groups in total. The van der Waals surface area contributed by atoms with Crippen molar-refractivity contribution in [3.63, 3.8) is 0 Å². The van der Waals surface area contributed by atoms with Crippen molar-refractivity contribution in [2.75, 3.05) is 0 Å². The van der Waals surface area contributed by atoms with Crippen LogP contribution >= 0.6 is 15.9 Å². The van der Waals surface area contributed by atoms with Crippen molar-refractivity contribution in [1.82, 2.24) is 9.97 Å². The molecule has 1 heterocycles. The number of nitrogens with one attached hydrogen (secondary N) is 1. The Bertz CT molecular complexity index is 534. The highest BCUT2D eigenvalue weighted by Crippen LogP contribution is 2.18. The number of benzene rings is 1. The maximum absolute atomic E-state index is 11.4. The summed E-state index contributed by atoms with van der Waals surface area (Å²) in [5.74, 6) is 0. The van der Waals surface area contributed by atoms with Gasteiger partial charge in [-0.1, -0.05) is 36.2 Å². The minimum absolute atomic E-state index is 0.102. The van der Waals surface area contributed by atoms with E-state index in [-0.39, 0.29) is 5.56 Å². The number of aromatic nitrogens is 2. The molecule has 0 atom stereocenters. The number of H-pyrrole nitrogens is 1. The number of hydrogen-bond donors (Lipinski definition) is 1. The number of aromatic amines is 1. The molecule has 3 nitrogen and oxygen atoms in total. The van der Waals surface area contributed by atoms with Gasteiger partial charge < -0.3 is 4.98 Å². The number of nitrogens with zero attached hydrogens (tertiary/aromatic N) is 1. The summed E-state index contributed by atoms with van der Waals surface area (Å²) >= 11 is 3.34. The van der Waals surface area contributed by atoms with E-state index in [0.29, 0.717) is 5.39 Å². The Balaban J connectivity index is 0.000000386. The minimum atomic E-state index is -0.102. The van der Waals surface area contributed by atoms with Crippen LogP contribution in [-0.2, 0) is 0 Å². The van der Waals surface area contributed by atoms with Crippen molar-refractivity contribution in [2.24, 2.45) is 0 Å². The van der Waals surface area contributed by atoms with Crippen LogP contribution in [0.1, 0.15) is 25.8 Å². The van der Waals surface area contributed by atoms with E-state index in [2.05, 4.69) is 39.7 Å². The maximum Gasteiger partial charge on any atom is 0.258 e. The third-order valence-electron chi connectivity index (χ3n) is 1.90. The average Bonchev–Trinajstić information content (AvgIpc) is 2.21. The van der Waals surface area contributed by atoms with Crippen LogP contribution in [0.3, 0.4) is 0 Å². The molecule has 16 heavy (non-hydrogen) atoms. The van der Waals surface area contributed by atoms with Gasteiger partial charge in [-0.05, 0) is 24.6 Å². The van der Waals surface area contributed by atoms with E-state index < -0.39 is 0 Å². The van der Waals surface area contributed by atoms with Gasteiger partial charge in [0.05, 0.1) is 17.2 Å².